The first-order valence-electron chi connectivity index (χ1n) is 12.2. The van der Waals surface area contributed by atoms with Crippen LogP contribution in [-0.2, 0) is 0 Å². The minimum absolute atomic E-state index is 0.0214. The molecule has 0 saturated heterocycles. The van der Waals surface area contributed by atoms with Crippen LogP contribution >= 0.6 is 11.3 Å². The van der Waals surface area contributed by atoms with Gasteiger partial charge < -0.3 is 0 Å². The Hall–Kier alpha value is -4.36. The fourth-order valence-electron chi connectivity index (χ4n) is 5.09. The predicted molar refractivity (Wildman–Crippen MR) is 146 cm³/mol. The van der Waals surface area contributed by atoms with Crippen LogP contribution in [0.3, 0.4) is 0 Å². The number of non-ortho nitro benzene ring substituents is 1. The van der Waals surface area contributed by atoms with Gasteiger partial charge in [0.2, 0.25) is 0 Å². The Kier molecular flexibility index (Phi) is 5.98. The van der Waals surface area contributed by atoms with Crippen molar-refractivity contribution in [3.05, 3.63) is 148 Å². The summed E-state index contributed by atoms with van der Waals surface area (Å²) in [6.07, 6.45) is 6.83. The molecule has 0 fully saturated rings. The Morgan fingerprint density at radius 3 is 2.27 bits per heavy atom. The zero-order valence-electron chi connectivity index (χ0n) is 19.9. The van der Waals surface area contributed by atoms with Crippen LogP contribution in [0.5, 0.6) is 0 Å². The largest absolute Gasteiger partial charge is 0.272 e. The van der Waals surface area contributed by atoms with Crippen molar-refractivity contribution in [1.82, 2.24) is 4.57 Å². The van der Waals surface area contributed by atoms with Gasteiger partial charge in [-0.25, -0.2) is 4.99 Å². The first-order chi connectivity index (χ1) is 18.1. The van der Waals surface area contributed by atoms with Crippen LogP contribution in [0.2, 0.25) is 0 Å². The molecule has 2 heterocycles. The SMILES string of the molecule is O=c1/c(=C\c2ccc([N+](=O)[O-])cc2)sc2n1[C@H](c1ccccc1)C1=C(N=2)/C(=C/c2ccccc2)CCC1. The fraction of sp³-hybridized carbons (Fsp3) is 0.133. The molecule has 182 valence electrons. The van der Waals surface area contributed by atoms with E-state index in [1.165, 1.54) is 34.6 Å². The van der Waals surface area contributed by atoms with Gasteiger partial charge >= 0.3 is 0 Å². The van der Waals surface area contributed by atoms with Crippen molar-refractivity contribution in [2.75, 3.05) is 0 Å². The van der Waals surface area contributed by atoms with E-state index in [4.69, 9.17) is 4.99 Å². The number of nitro groups is 1. The molecule has 1 atom stereocenters. The van der Waals surface area contributed by atoms with E-state index in [9.17, 15) is 14.9 Å². The molecule has 2 aliphatic rings. The lowest BCUT2D eigenvalue weighted by molar-refractivity contribution is -0.384. The molecule has 0 radical (unpaired) electrons. The summed E-state index contributed by atoms with van der Waals surface area (Å²) in [5.41, 5.74) is 6.23. The highest BCUT2D eigenvalue weighted by atomic mass is 32.1. The molecule has 37 heavy (non-hydrogen) atoms. The number of aromatic nitrogens is 1. The molecule has 1 aromatic heterocycles. The summed E-state index contributed by atoms with van der Waals surface area (Å²) < 4.78 is 2.38. The molecule has 0 unspecified atom stereocenters. The van der Waals surface area contributed by atoms with E-state index < -0.39 is 4.92 Å². The van der Waals surface area contributed by atoms with E-state index in [-0.39, 0.29) is 17.3 Å². The number of benzene rings is 3. The first kappa shape index (κ1) is 23.1. The van der Waals surface area contributed by atoms with Gasteiger partial charge in [-0.1, -0.05) is 72.0 Å². The van der Waals surface area contributed by atoms with Gasteiger partial charge in [-0.05, 0) is 71.4 Å². The third-order valence-electron chi connectivity index (χ3n) is 6.79. The second kappa shape index (κ2) is 9.59. The van der Waals surface area contributed by atoms with Gasteiger partial charge in [-0.3, -0.25) is 19.5 Å². The van der Waals surface area contributed by atoms with E-state index in [1.807, 2.05) is 41.0 Å². The van der Waals surface area contributed by atoms with Crippen molar-refractivity contribution < 1.29 is 4.92 Å². The van der Waals surface area contributed by atoms with Crippen LogP contribution in [0.4, 0.5) is 5.69 Å². The summed E-state index contributed by atoms with van der Waals surface area (Å²) in [6, 6.07) is 26.4. The van der Waals surface area contributed by atoms with Crippen molar-refractivity contribution in [2.24, 2.45) is 4.99 Å². The highest BCUT2D eigenvalue weighted by Crippen LogP contribution is 2.41. The molecular weight excluding hydrogens is 482 g/mol. The molecule has 0 saturated carbocycles. The van der Waals surface area contributed by atoms with Crippen molar-refractivity contribution in [3.8, 4) is 0 Å². The zero-order chi connectivity index (χ0) is 25.4. The standard InChI is InChI=1S/C30H23N3O3S/c34-29-26(19-21-14-16-24(17-15-21)33(35)36)37-30-31-27-23(18-20-8-3-1-4-9-20)12-7-13-25(27)28(32(29)30)22-10-5-2-6-11-22/h1-6,8-11,14-19,28H,7,12-13H2/b23-18+,26-19+/t28-/m1/s1. The van der Waals surface area contributed by atoms with Gasteiger partial charge in [-0.2, -0.15) is 0 Å². The fourth-order valence-corrected chi connectivity index (χ4v) is 6.09. The Morgan fingerprint density at radius 1 is 0.892 bits per heavy atom. The number of thiazole rings is 1. The maximum absolute atomic E-state index is 13.8. The molecule has 6 rings (SSSR count). The van der Waals surface area contributed by atoms with Crippen LogP contribution in [-0.4, -0.2) is 9.49 Å². The van der Waals surface area contributed by atoms with Crippen LogP contribution < -0.4 is 14.9 Å². The minimum Gasteiger partial charge on any atom is -0.272 e. The Balaban J connectivity index is 1.54. The molecule has 0 spiro atoms. The number of fused-ring (bicyclic) bond motifs is 1. The van der Waals surface area contributed by atoms with Gasteiger partial charge in [0.15, 0.2) is 4.80 Å². The average molecular weight is 506 g/mol. The summed E-state index contributed by atoms with van der Waals surface area (Å²) in [6.45, 7) is 0. The van der Waals surface area contributed by atoms with E-state index >= 15 is 0 Å². The van der Waals surface area contributed by atoms with Crippen molar-refractivity contribution >= 4 is 29.2 Å². The highest BCUT2D eigenvalue weighted by Gasteiger charge is 2.32. The third-order valence-corrected chi connectivity index (χ3v) is 7.77. The summed E-state index contributed by atoms with van der Waals surface area (Å²) in [5, 5.41) is 11.0. The lowest BCUT2D eigenvalue weighted by atomic mass is 9.84. The molecule has 0 bridgehead atoms. The molecular formula is C30H23N3O3S. The van der Waals surface area contributed by atoms with Gasteiger partial charge in [0, 0.05) is 12.1 Å². The van der Waals surface area contributed by atoms with Crippen LogP contribution in [0, 0.1) is 10.1 Å². The summed E-state index contributed by atoms with van der Waals surface area (Å²) in [4.78, 5) is 30.1. The smallest absolute Gasteiger partial charge is 0.271 e. The van der Waals surface area contributed by atoms with Crippen molar-refractivity contribution in [2.45, 2.75) is 25.3 Å². The molecule has 0 N–H and O–H groups in total. The van der Waals surface area contributed by atoms with E-state index in [2.05, 4.69) is 30.3 Å². The third kappa shape index (κ3) is 4.38. The van der Waals surface area contributed by atoms with Crippen molar-refractivity contribution in [1.29, 1.82) is 0 Å². The second-order valence-electron chi connectivity index (χ2n) is 9.15. The average Bonchev–Trinajstić information content (AvgIpc) is 3.23. The zero-order valence-corrected chi connectivity index (χ0v) is 20.7. The van der Waals surface area contributed by atoms with E-state index in [0.29, 0.717) is 9.33 Å². The van der Waals surface area contributed by atoms with Gasteiger partial charge in [0.05, 0.1) is 21.2 Å². The van der Waals surface area contributed by atoms with E-state index in [1.54, 1.807) is 18.2 Å². The number of rotatable bonds is 4. The van der Waals surface area contributed by atoms with E-state index in [0.717, 1.165) is 41.6 Å². The van der Waals surface area contributed by atoms with Gasteiger partial charge in [-0.15, -0.1) is 0 Å². The molecule has 6 nitrogen and oxygen atoms in total. The predicted octanol–water partition coefficient (Wildman–Crippen LogP) is 5.39. The van der Waals surface area contributed by atoms with Crippen LogP contribution in [0.25, 0.3) is 12.2 Å². The molecule has 1 aliphatic carbocycles. The Labute approximate surface area is 217 Å². The second-order valence-corrected chi connectivity index (χ2v) is 10.2. The highest BCUT2D eigenvalue weighted by molar-refractivity contribution is 7.07. The normalized spacial score (nSPS) is 18.3. The maximum atomic E-state index is 13.8. The van der Waals surface area contributed by atoms with Gasteiger partial charge in [0.25, 0.3) is 11.2 Å². The quantitative estimate of drug-likeness (QED) is 0.276. The number of hydrogen-bond acceptors (Lipinski definition) is 5. The molecule has 0 amide bonds. The lowest BCUT2D eigenvalue weighted by Gasteiger charge is -2.31. The summed E-state index contributed by atoms with van der Waals surface area (Å²) in [5.74, 6) is 0. The number of nitrogens with zero attached hydrogens (tertiary/aromatic N) is 3. The summed E-state index contributed by atoms with van der Waals surface area (Å²) >= 11 is 1.36. The molecule has 1 aliphatic heterocycles. The monoisotopic (exact) mass is 505 g/mol. The Morgan fingerprint density at radius 2 is 1.57 bits per heavy atom. The van der Waals surface area contributed by atoms with Crippen LogP contribution in [0.1, 0.15) is 42.0 Å². The van der Waals surface area contributed by atoms with Crippen LogP contribution in [0.15, 0.2) is 112 Å². The number of allylic oxidation sites excluding steroid dienone is 2. The summed E-state index contributed by atoms with van der Waals surface area (Å²) in [7, 11) is 0. The molecule has 4 aromatic rings. The lowest BCUT2D eigenvalue weighted by Crippen LogP contribution is -2.39. The topological polar surface area (TPSA) is 77.5 Å². The number of hydrogen-bond donors (Lipinski definition) is 0. The maximum Gasteiger partial charge on any atom is 0.271 e. The molecule has 3 aromatic carbocycles. The van der Waals surface area contributed by atoms with Crippen molar-refractivity contribution in [3.63, 3.8) is 0 Å². The first-order valence-corrected chi connectivity index (χ1v) is 13.0. The minimum atomic E-state index is -0.428. The Bertz CT molecular complexity index is 1730. The molecule has 7 heteroatoms. The van der Waals surface area contributed by atoms with Gasteiger partial charge in [0.1, 0.15) is 0 Å². The number of nitro benzene ring substituents is 1.